The van der Waals surface area contributed by atoms with Gasteiger partial charge in [0.1, 0.15) is 5.60 Å². The lowest BCUT2D eigenvalue weighted by Gasteiger charge is -2.26. The molecule has 0 aliphatic rings. The maximum atomic E-state index is 12.1. The summed E-state index contributed by atoms with van der Waals surface area (Å²) in [7, 11) is -1.57. The molecule has 0 fully saturated rings. The number of ether oxygens (including phenoxy) is 1. The zero-order chi connectivity index (χ0) is 23.1. The Morgan fingerprint density at radius 1 is 1.20 bits per heavy atom. The normalized spacial score (nSPS) is 13.7. The highest BCUT2D eigenvalue weighted by atomic mass is 32.2. The van der Waals surface area contributed by atoms with Crippen molar-refractivity contribution in [2.75, 3.05) is 19.8 Å². The first-order valence-electron chi connectivity index (χ1n) is 9.96. The highest BCUT2D eigenvalue weighted by molar-refractivity contribution is 7.90. The first-order chi connectivity index (χ1) is 13.7. The van der Waals surface area contributed by atoms with E-state index in [1.807, 2.05) is 40.7 Å². The Hall–Kier alpha value is -2.29. The van der Waals surface area contributed by atoms with Gasteiger partial charge in [-0.25, -0.2) is 13.2 Å². The van der Waals surface area contributed by atoms with Gasteiger partial charge in [0, 0.05) is 26.4 Å². The minimum atomic E-state index is -3.24. The van der Waals surface area contributed by atoms with Gasteiger partial charge in [-0.3, -0.25) is 4.99 Å². The Labute approximate surface area is 180 Å². The van der Waals surface area contributed by atoms with E-state index in [2.05, 4.69) is 20.9 Å². The molecule has 0 saturated carbocycles. The first kappa shape index (κ1) is 25.7. The van der Waals surface area contributed by atoms with Gasteiger partial charge in [-0.05, 0) is 50.8 Å². The summed E-state index contributed by atoms with van der Waals surface area (Å²) in [4.78, 5) is 16.6. The van der Waals surface area contributed by atoms with Crippen LogP contribution < -0.4 is 16.0 Å². The fourth-order valence-corrected chi connectivity index (χ4v) is 3.72. The number of sulfone groups is 1. The predicted octanol–water partition coefficient (Wildman–Crippen LogP) is 2.61. The van der Waals surface area contributed by atoms with E-state index in [1.54, 1.807) is 26.1 Å². The van der Waals surface area contributed by atoms with Gasteiger partial charge in [0.05, 0.1) is 10.9 Å². The van der Waals surface area contributed by atoms with Crippen molar-refractivity contribution in [1.29, 1.82) is 0 Å². The molecular weight excluding hydrogens is 404 g/mol. The van der Waals surface area contributed by atoms with Crippen LogP contribution in [-0.2, 0) is 21.1 Å². The standard InChI is InChI=1S/C21H36N4O4S/c1-14(2)17(25-20(26)29-21(4,5)6)13-24-19(22-7)23-12-16-9-10-18(15(3)11-16)30(8,27)28/h9-11,14,17H,12-13H2,1-8H3,(H,25,26)(H2,22,23,24). The van der Waals surface area contributed by atoms with E-state index < -0.39 is 21.5 Å². The monoisotopic (exact) mass is 440 g/mol. The van der Waals surface area contributed by atoms with E-state index in [0.29, 0.717) is 29.5 Å². The summed E-state index contributed by atoms with van der Waals surface area (Å²) in [5.74, 6) is 0.769. The van der Waals surface area contributed by atoms with E-state index in [-0.39, 0.29) is 12.0 Å². The molecule has 1 rings (SSSR count). The summed E-state index contributed by atoms with van der Waals surface area (Å²) in [6.07, 6.45) is 0.752. The Morgan fingerprint density at radius 3 is 2.30 bits per heavy atom. The lowest BCUT2D eigenvalue weighted by atomic mass is 10.0. The van der Waals surface area contributed by atoms with Crippen LogP contribution in [0.3, 0.4) is 0 Å². The Kier molecular flexibility index (Phi) is 9.14. The van der Waals surface area contributed by atoms with Gasteiger partial charge in [-0.2, -0.15) is 0 Å². The number of aryl methyl sites for hydroxylation is 1. The first-order valence-corrected chi connectivity index (χ1v) is 11.9. The largest absolute Gasteiger partial charge is 0.444 e. The van der Waals surface area contributed by atoms with Crippen molar-refractivity contribution >= 4 is 21.9 Å². The fourth-order valence-electron chi connectivity index (χ4n) is 2.76. The molecule has 9 heteroatoms. The summed E-state index contributed by atoms with van der Waals surface area (Å²) in [6.45, 7) is 12.3. The van der Waals surface area contributed by atoms with Gasteiger partial charge in [-0.15, -0.1) is 0 Å². The topological polar surface area (TPSA) is 109 Å². The fraction of sp³-hybridized carbons (Fsp3) is 0.619. The molecule has 1 amide bonds. The number of amides is 1. The molecule has 1 aromatic carbocycles. The van der Waals surface area contributed by atoms with Crippen LogP contribution in [0.15, 0.2) is 28.1 Å². The maximum Gasteiger partial charge on any atom is 0.407 e. The van der Waals surface area contributed by atoms with E-state index in [9.17, 15) is 13.2 Å². The van der Waals surface area contributed by atoms with E-state index in [0.717, 1.165) is 5.56 Å². The lowest BCUT2D eigenvalue weighted by molar-refractivity contribution is 0.0491. The Bertz CT molecular complexity index is 858. The van der Waals surface area contributed by atoms with Crippen molar-refractivity contribution in [3.05, 3.63) is 29.3 Å². The molecule has 30 heavy (non-hydrogen) atoms. The van der Waals surface area contributed by atoms with E-state index >= 15 is 0 Å². The Morgan fingerprint density at radius 2 is 1.83 bits per heavy atom. The molecule has 1 aromatic rings. The molecule has 0 bridgehead atoms. The van der Waals surface area contributed by atoms with Crippen LogP contribution >= 0.6 is 0 Å². The van der Waals surface area contributed by atoms with Gasteiger partial charge in [0.25, 0.3) is 0 Å². The van der Waals surface area contributed by atoms with Crippen molar-refractivity contribution < 1.29 is 17.9 Å². The number of carbonyl (C=O) groups is 1. The molecule has 8 nitrogen and oxygen atoms in total. The molecule has 0 saturated heterocycles. The summed E-state index contributed by atoms with van der Waals surface area (Å²) in [5.41, 5.74) is 1.10. The van der Waals surface area contributed by atoms with Crippen molar-refractivity contribution in [3.63, 3.8) is 0 Å². The van der Waals surface area contributed by atoms with Gasteiger partial charge in [0.2, 0.25) is 0 Å². The third-order valence-corrected chi connectivity index (χ3v) is 5.58. The number of hydrogen-bond donors (Lipinski definition) is 3. The number of carbonyl (C=O) groups excluding carboxylic acids is 1. The molecule has 0 aliphatic heterocycles. The molecule has 1 atom stereocenters. The minimum absolute atomic E-state index is 0.144. The second-order valence-corrected chi connectivity index (χ2v) is 10.7. The molecule has 0 radical (unpaired) electrons. The third-order valence-electron chi connectivity index (χ3n) is 4.32. The zero-order valence-electron chi connectivity index (χ0n) is 19.3. The van der Waals surface area contributed by atoms with Gasteiger partial charge >= 0.3 is 6.09 Å². The highest BCUT2D eigenvalue weighted by Gasteiger charge is 2.21. The van der Waals surface area contributed by atoms with Crippen LogP contribution in [0.25, 0.3) is 0 Å². The van der Waals surface area contributed by atoms with E-state index in [4.69, 9.17) is 4.74 Å². The zero-order valence-corrected chi connectivity index (χ0v) is 20.1. The number of aliphatic imine (C=N–C) groups is 1. The molecule has 1 unspecified atom stereocenters. The van der Waals surface area contributed by atoms with Crippen LogP contribution in [0.2, 0.25) is 0 Å². The van der Waals surface area contributed by atoms with Crippen molar-refractivity contribution in [3.8, 4) is 0 Å². The summed E-state index contributed by atoms with van der Waals surface area (Å²) in [6, 6.07) is 5.11. The number of nitrogens with zero attached hydrogens (tertiary/aromatic N) is 1. The molecule has 0 aromatic heterocycles. The number of hydrogen-bond acceptors (Lipinski definition) is 5. The predicted molar refractivity (Wildman–Crippen MR) is 120 cm³/mol. The van der Waals surface area contributed by atoms with Gasteiger partial charge in [0.15, 0.2) is 15.8 Å². The maximum absolute atomic E-state index is 12.1. The summed E-state index contributed by atoms with van der Waals surface area (Å²) in [5, 5.41) is 9.31. The SMILES string of the molecule is CN=C(NCc1ccc(S(C)(=O)=O)c(C)c1)NCC(NC(=O)OC(C)(C)C)C(C)C. The van der Waals surface area contributed by atoms with Gasteiger partial charge < -0.3 is 20.7 Å². The summed E-state index contributed by atoms with van der Waals surface area (Å²) < 4.78 is 28.8. The van der Waals surface area contributed by atoms with Crippen LogP contribution in [0.1, 0.15) is 45.7 Å². The molecule has 3 N–H and O–H groups in total. The molecule has 0 heterocycles. The minimum Gasteiger partial charge on any atom is -0.444 e. The van der Waals surface area contributed by atoms with Crippen molar-refractivity contribution in [1.82, 2.24) is 16.0 Å². The quantitative estimate of drug-likeness (QED) is 0.444. The van der Waals surface area contributed by atoms with Crippen LogP contribution in [0, 0.1) is 12.8 Å². The van der Waals surface area contributed by atoms with Crippen LogP contribution in [0.4, 0.5) is 4.79 Å². The lowest BCUT2D eigenvalue weighted by Crippen LogP contribution is -2.50. The average molecular weight is 441 g/mol. The number of nitrogens with one attached hydrogen (secondary N) is 3. The van der Waals surface area contributed by atoms with E-state index in [1.165, 1.54) is 6.26 Å². The average Bonchev–Trinajstić information content (AvgIpc) is 2.57. The number of rotatable bonds is 7. The number of benzene rings is 1. The van der Waals surface area contributed by atoms with Crippen molar-refractivity contribution in [2.24, 2.45) is 10.9 Å². The molecule has 0 aliphatic carbocycles. The second-order valence-electron chi connectivity index (χ2n) is 8.68. The molecular formula is C21H36N4O4S. The molecule has 0 spiro atoms. The van der Waals surface area contributed by atoms with Crippen LogP contribution in [-0.4, -0.2) is 52.0 Å². The second kappa shape index (κ2) is 10.7. The molecule has 170 valence electrons. The number of guanidine groups is 1. The van der Waals surface area contributed by atoms with Crippen LogP contribution in [0.5, 0.6) is 0 Å². The number of alkyl carbamates (subject to hydrolysis) is 1. The highest BCUT2D eigenvalue weighted by Crippen LogP contribution is 2.16. The smallest absolute Gasteiger partial charge is 0.407 e. The van der Waals surface area contributed by atoms with Gasteiger partial charge in [-0.1, -0.05) is 26.0 Å². The Balaban J connectivity index is 2.67. The summed E-state index contributed by atoms with van der Waals surface area (Å²) >= 11 is 0. The van der Waals surface area contributed by atoms with Crippen molar-refractivity contribution in [2.45, 2.75) is 64.6 Å². The third kappa shape index (κ3) is 9.02.